The van der Waals surface area contributed by atoms with Crippen molar-refractivity contribution in [1.82, 2.24) is 15.2 Å². The van der Waals surface area contributed by atoms with Gasteiger partial charge in [-0.15, -0.1) is 5.10 Å². The van der Waals surface area contributed by atoms with Gasteiger partial charge >= 0.3 is 0 Å². The van der Waals surface area contributed by atoms with Crippen LogP contribution in [0.15, 0.2) is 42.6 Å². The molecule has 0 amide bonds. The minimum absolute atomic E-state index is 0.256. The molecule has 0 radical (unpaired) electrons. The summed E-state index contributed by atoms with van der Waals surface area (Å²) >= 11 is 0. The van der Waals surface area contributed by atoms with Crippen molar-refractivity contribution in [3.05, 3.63) is 48.2 Å². The van der Waals surface area contributed by atoms with Gasteiger partial charge in [-0.05, 0) is 29.8 Å². The number of fused-ring (bicyclic) bond motifs is 1. The number of ether oxygens (including phenoxy) is 4. The second kappa shape index (κ2) is 7.87. The summed E-state index contributed by atoms with van der Waals surface area (Å²) < 4.78 is 21.3. The summed E-state index contributed by atoms with van der Waals surface area (Å²) in [6.45, 7) is 0.812. The van der Waals surface area contributed by atoms with E-state index in [1.54, 1.807) is 26.5 Å². The average Bonchev–Trinajstić information content (AvgIpc) is 3.21. The fraction of sp³-hybridized carbons (Fsp3) is 0.211. The van der Waals surface area contributed by atoms with E-state index in [1.807, 2.05) is 30.3 Å². The molecule has 144 valence electrons. The van der Waals surface area contributed by atoms with Crippen LogP contribution < -0.4 is 29.6 Å². The van der Waals surface area contributed by atoms with Gasteiger partial charge in [-0.2, -0.15) is 10.1 Å². The van der Waals surface area contributed by atoms with E-state index in [0.29, 0.717) is 35.5 Å². The summed E-state index contributed by atoms with van der Waals surface area (Å²) in [5, 5.41) is 14.3. The Morgan fingerprint density at radius 1 is 1.04 bits per heavy atom. The molecule has 1 aliphatic heterocycles. The molecule has 0 bridgehead atoms. The van der Waals surface area contributed by atoms with E-state index in [9.17, 15) is 0 Å². The van der Waals surface area contributed by atoms with Crippen molar-refractivity contribution >= 4 is 17.5 Å². The normalized spacial score (nSPS) is 11.8. The number of anilines is 3. The van der Waals surface area contributed by atoms with Crippen LogP contribution in [-0.2, 0) is 6.54 Å². The van der Waals surface area contributed by atoms with E-state index >= 15 is 0 Å². The lowest BCUT2D eigenvalue weighted by molar-refractivity contribution is 0.174. The Balaban J connectivity index is 1.44. The molecule has 2 N–H and O–H groups in total. The Hall–Kier alpha value is -3.75. The molecule has 3 aromatic rings. The summed E-state index contributed by atoms with van der Waals surface area (Å²) in [4.78, 5) is 4.43. The van der Waals surface area contributed by atoms with Crippen molar-refractivity contribution in [3.8, 4) is 23.0 Å². The van der Waals surface area contributed by atoms with Crippen LogP contribution in [0, 0.1) is 0 Å². The summed E-state index contributed by atoms with van der Waals surface area (Å²) in [5.41, 5.74) is 1.74. The molecule has 9 heteroatoms. The first kappa shape index (κ1) is 17.7. The van der Waals surface area contributed by atoms with Crippen molar-refractivity contribution in [3.63, 3.8) is 0 Å². The number of hydrogen-bond acceptors (Lipinski definition) is 9. The fourth-order valence-corrected chi connectivity index (χ4v) is 2.71. The van der Waals surface area contributed by atoms with Crippen LogP contribution in [0.3, 0.4) is 0 Å². The first-order valence-corrected chi connectivity index (χ1v) is 8.56. The predicted octanol–water partition coefficient (Wildman–Crippen LogP) is 2.97. The Morgan fingerprint density at radius 3 is 2.79 bits per heavy atom. The molecule has 2 aromatic carbocycles. The van der Waals surface area contributed by atoms with Crippen molar-refractivity contribution in [2.24, 2.45) is 0 Å². The lowest BCUT2D eigenvalue weighted by Gasteiger charge is -2.12. The van der Waals surface area contributed by atoms with Gasteiger partial charge in [0.1, 0.15) is 11.5 Å². The number of hydrogen-bond donors (Lipinski definition) is 2. The van der Waals surface area contributed by atoms with E-state index in [4.69, 9.17) is 18.9 Å². The molecule has 0 saturated carbocycles. The van der Waals surface area contributed by atoms with Gasteiger partial charge in [-0.25, -0.2) is 0 Å². The SMILES string of the molecule is COc1ccc(Nc2nncc(NCc3ccc4c(c3)OCO4)n2)c(OC)c1. The van der Waals surface area contributed by atoms with Crippen LogP contribution >= 0.6 is 0 Å². The van der Waals surface area contributed by atoms with Crippen molar-refractivity contribution < 1.29 is 18.9 Å². The van der Waals surface area contributed by atoms with Crippen molar-refractivity contribution in [1.29, 1.82) is 0 Å². The molecule has 28 heavy (non-hydrogen) atoms. The smallest absolute Gasteiger partial charge is 0.249 e. The summed E-state index contributed by atoms with van der Waals surface area (Å²) in [6, 6.07) is 11.2. The second-order valence-electron chi connectivity index (χ2n) is 5.90. The molecule has 0 unspecified atom stereocenters. The minimum Gasteiger partial charge on any atom is -0.497 e. The van der Waals surface area contributed by atoms with E-state index in [2.05, 4.69) is 25.8 Å². The quantitative estimate of drug-likeness (QED) is 0.640. The van der Waals surface area contributed by atoms with E-state index in [-0.39, 0.29) is 6.79 Å². The number of rotatable bonds is 7. The second-order valence-corrected chi connectivity index (χ2v) is 5.90. The molecule has 0 fully saturated rings. The Kier molecular flexibility index (Phi) is 4.96. The maximum atomic E-state index is 5.40. The Labute approximate surface area is 161 Å². The van der Waals surface area contributed by atoms with Crippen molar-refractivity contribution in [2.75, 3.05) is 31.6 Å². The topological polar surface area (TPSA) is 99.7 Å². The molecule has 0 atom stereocenters. The highest BCUT2D eigenvalue weighted by Gasteiger charge is 2.13. The number of methoxy groups -OCH3 is 2. The summed E-state index contributed by atoms with van der Waals surface area (Å²) in [7, 11) is 3.19. The first-order chi connectivity index (χ1) is 13.7. The van der Waals surface area contributed by atoms with Crippen LogP contribution in [0.25, 0.3) is 0 Å². The maximum Gasteiger partial charge on any atom is 0.249 e. The van der Waals surface area contributed by atoms with Gasteiger partial charge in [0.25, 0.3) is 0 Å². The first-order valence-electron chi connectivity index (χ1n) is 8.56. The zero-order chi connectivity index (χ0) is 19.3. The van der Waals surface area contributed by atoms with Gasteiger partial charge in [0.15, 0.2) is 17.3 Å². The standard InChI is InChI=1S/C19H19N5O4/c1-25-13-4-5-14(16(8-13)26-2)22-19-23-18(10-21-24-19)20-9-12-3-6-15-17(7-12)28-11-27-15/h3-8,10H,9,11H2,1-2H3,(H2,20,22,23,24). The largest absolute Gasteiger partial charge is 0.497 e. The van der Waals surface area contributed by atoms with Crippen molar-refractivity contribution in [2.45, 2.75) is 6.54 Å². The third kappa shape index (κ3) is 3.83. The fourth-order valence-electron chi connectivity index (χ4n) is 2.71. The van der Waals surface area contributed by atoms with Gasteiger partial charge in [0.05, 0.1) is 26.1 Å². The van der Waals surface area contributed by atoms with Gasteiger partial charge in [-0.3, -0.25) is 0 Å². The molecule has 1 aliphatic rings. The van der Waals surface area contributed by atoms with Crippen LogP contribution in [0.5, 0.6) is 23.0 Å². The summed E-state index contributed by atoms with van der Waals surface area (Å²) in [6.07, 6.45) is 1.56. The molecular formula is C19H19N5O4. The van der Waals surface area contributed by atoms with Gasteiger partial charge in [-0.1, -0.05) is 6.07 Å². The Morgan fingerprint density at radius 2 is 1.93 bits per heavy atom. The number of nitrogens with one attached hydrogen (secondary N) is 2. The van der Waals surface area contributed by atoms with E-state index in [1.165, 1.54) is 0 Å². The highest BCUT2D eigenvalue weighted by atomic mass is 16.7. The molecule has 0 saturated heterocycles. The summed E-state index contributed by atoms with van der Waals surface area (Å²) in [5.74, 6) is 3.74. The maximum absolute atomic E-state index is 5.40. The molecule has 0 aliphatic carbocycles. The molecular weight excluding hydrogens is 362 g/mol. The highest BCUT2D eigenvalue weighted by molar-refractivity contribution is 5.64. The number of benzene rings is 2. The number of aromatic nitrogens is 3. The highest BCUT2D eigenvalue weighted by Crippen LogP contribution is 2.33. The third-order valence-corrected chi connectivity index (χ3v) is 4.12. The van der Waals surface area contributed by atoms with Crippen LogP contribution in [0.2, 0.25) is 0 Å². The predicted molar refractivity (Wildman–Crippen MR) is 103 cm³/mol. The monoisotopic (exact) mass is 381 g/mol. The van der Waals surface area contributed by atoms with Gasteiger partial charge < -0.3 is 29.6 Å². The molecule has 4 rings (SSSR count). The van der Waals surface area contributed by atoms with E-state index in [0.717, 1.165) is 17.1 Å². The molecule has 9 nitrogen and oxygen atoms in total. The van der Waals surface area contributed by atoms with Crippen LogP contribution in [0.1, 0.15) is 5.56 Å². The van der Waals surface area contributed by atoms with Gasteiger partial charge in [0, 0.05) is 12.6 Å². The Bertz CT molecular complexity index is 982. The third-order valence-electron chi connectivity index (χ3n) is 4.12. The molecule has 2 heterocycles. The minimum atomic E-state index is 0.256. The zero-order valence-corrected chi connectivity index (χ0v) is 15.4. The number of nitrogens with zero attached hydrogens (tertiary/aromatic N) is 3. The lowest BCUT2D eigenvalue weighted by atomic mass is 10.2. The average molecular weight is 381 g/mol. The lowest BCUT2D eigenvalue weighted by Crippen LogP contribution is -2.06. The van der Waals surface area contributed by atoms with Crippen LogP contribution in [-0.4, -0.2) is 36.2 Å². The van der Waals surface area contributed by atoms with Gasteiger partial charge in [0.2, 0.25) is 12.7 Å². The van der Waals surface area contributed by atoms with Crippen LogP contribution in [0.4, 0.5) is 17.5 Å². The van der Waals surface area contributed by atoms with E-state index < -0.39 is 0 Å². The zero-order valence-electron chi connectivity index (χ0n) is 15.4. The molecule has 1 aromatic heterocycles. The molecule has 0 spiro atoms.